The van der Waals surface area contributed by atoms with Crippen LogP contribution in [0.4, 0.5) is 4.39 Å². The second kappa shape index (κ2) is 9.65. The molecule has 2 heterocycles. The molecule has 2 aromatic heterocycles. The Morgan fingerprint density at radius 3 is 2.41 bits per heavy atom. The van der Waals surface area contributed by atoms with Gasteiger partial charge < -0.3 is 4.98 Å². The highest BCUT2D eigenvalue weighted by Gasteiger charge is 2.14. The van der Waals surface area contributed by atoms with E-state index in [4.69, 9.17) is 0 Å². The number of aromatic amines is 1. The van der Waals surface area contributed by atoms with Gasteiger partial charge in [-0.1, -0.05) is 24.3 Å². The lowest BCUT2D eigenvalue weighted by Gasteiger charge is -2.05. The first-order valence-electron chi connectivity index (χ1n) is 10.0. The molecule has 8 heteroatoms. The van der Waals surface area contributed by atoms with Crippen molar-refractivity contribution in [1.82, 2.24) is 9.97 Å². The molecule has 0 fully saturated rings. The zero-order valence-electron chi connectivity index (χ0n) is 17.0. The summed E-state index contributed by atoms with van der Waals surface area (Å²) in [4.78, 5) is 18.1. The van der Waals surface area contributed by atoms with E-state index in [0.717, 1.165) is 33.6 Å². The van der Waals surface area contributed by atoms with Crippen LogP contribution in [0.2, 0.25) is 0 Å². The molecular weight excluding hydrogens is 429 g/mol. The van der Waals surface area contributed by atoms with Crippen LogP contribution >= 0.6 is 0 Å². The zero-order valence-corrected chi connectivity index (χ0v) is 17.8. The number of benzene rings is 2. The van der Waals surface area contributed by atoms with Crippen LogP contribution in [0.15, 0.2) is 84.0 Å². The van der Waals surface area contributed by atoms with E-state index in [1.165, 1.54) is 12.1 Å². The predicted octanol–water partition coefficient (Wildman–Crippen LogP) is 5.32. The minimum absolute atomic E-state index is 0.188. The summed E-state index contributed by atoms with van der Waals surface area (Å²) in [7, 11) is -1.29. The number of hydrogen-bond donors (Lipinski definition) is 1. The van der Waals surface area contributed by atoms with Crippen molar-refractivity contribution >= 4 is 10.8 Å². The van der Waals surface area contributed by atoms with Gasteiger partial charge in [0.15, 0.2) is 0 Å². The van der Waals surface area contributed by atoms with Crippen LogP contribution in [0, 0.1) is 15.9 Å². The number of pyridine rings is 1. The van der Waals surface area contributed by atoms with Gasteiger partial charge in [0.25, 0.3) is 0 Å². The molecule has 1 N–H and O–H groups in total. The third-order valence-electron chi connectivity index (χ3n) is 5.02. The van der Waals surface area contributed by atoms with E-state index >= 15 is 0 Å². The van der Waals surface area contributed by atoms with Gasteiger partial charge in [-0.15, -0.1) is 0 Å². The molecule has 32 heavy (non-hydrogen) atoms. The van der Waals surface area contributed by atoms with Gasteiger partial charge in [-0.25, -0.2) is 4.39 Å². The number of nitrogens with one attached hydrogen (secondary N) is 1. The molecule has 0 aliphatic rings. The first-order valence-corrected chi connectivity index (χ1v) is 11.3. The van der Waals surface area contributed by atoms with Crippen molar-refractivity contribution in [3.8, 4) is 33.6 Å². The maximum absolute atomic E-state index is 13.9. The van der Waals surface area contributed by atoms with Crippen LogP contribution in [-0.2, 0) is 10.8 Å². The van der Waals surface area contributed by atoms with Gasteiger partial charge in [0, 0.05) is 51.2 Å². The first kappa shape index (κ1) is 21.6. The molecule has 1 atom stereocenters. The van der Waals surface area contributed by atoms with Crippen molar-refractivity contribution in [3.63, 3.8) is 0 Å². The summed E-state index contributed by atoms with van der Waals surface area (Å²) in [5.41, 5.74) is 5.10. The van der Waals surface area contributed by atoms with Gasteiger partial charge in [-0.05, 0) is 53.6 Å². The van der Waals surface area contributed by atoms with Gasteiger partial charge in [0.1, 0.15) is 5.82 Å². The first-order chi connectivity index (χ1) is 15.5. The Morgan fingerprint density at radius 1 is 0.969 bits per heavy atom. The van der Waals surface area contributed by atoms with E-state index < -0.39 is 15.7 Å². The third kappa shape index (κ3) is 4.97. The molecule has 1 unspecified atom stereocenters. The van der Waals surface area contributed by atoms with Crippen LogP contribution < -0.4 is 0 Å². The maximum Gasteiger partial charge on any atom is 0.204 e. The molecule has 4 aromatic rings. The average Bonchev–Trinajstić information content (AvgIpc) is 3.25. The fourth-order valence-electron chi connectivity index (χ4n) is 3.47. The number of nitrogens with zero attached hydrogens (tertiary/aromatic N) is 2. The molecule has 6 nitrogen and oxygen atoms in total. The Bertz CT molecular complexity index is 1260. The number of aromatic nitrogens is 2. The monoisotopic (exact) mass is 449 g/mol. The summed E-state index contributed by atoms with van der Waals surface area (Å²) in [6, 6.07) is 19.5. The molecule has 4 rings (SSSR count). The number of nitro groups is 1. The Hall–Kier alpha value is -3.65. The average molecular weight is 450 g/mol. The molecule has 0 bridgehead atoms. The summed E-state index contributed by atoms with van der Waals surface area (Å²) >= 11 is 0. The summed E-state index contributed by atoms with van der Waals surface area (Å²) in [6.45, 7) is -0.188. The van der Waals surface area contributed by atoms with Crippen LogP contribution in [0.5, 0.6) is 0 Å². The molecule has 0 saturated carbocycles. The fourth-order valence-corrected chi connectivity index (χ4v) is 4.54. The second-order valence-electron chi connectivity index (χ2n) is 7.20. The molecule has 0 amide bonds. The van der Waals surface area contributed by atoms with Gasteiger partial charge in [-0.3, -0.25) is 19.3 Å². The largest absolute Gasteiger partial charge is 0.354 e. The van der Waals surface area contributed by atoms with Crippen molar-refractivity contribution in [3.05, 3.63) is 95.1 Å². The number of rotatable bonds is 8. The molecule has 0 saturated heterocycles. The van der Waals surface area contributed by atoms with Crippen LogP contribution in [0.25, 0.3) is 33.6 Å². The summed E-state index contributed by atoms with van der Waals surface area (Å²) < 4.78 is 26.3. The highest BCUT2D eigenvalue weighted by molar-refractivity contribution is 7.85. The van der Waals surface area contributed by atoms with Crippen molar-refractivity contribution in [2.45, 2.75) is 11.3 Å². The van der Waals surface area contributed by atoms with Gasteiger partial charge in [0.2, 0.25) is 6.54 Å². The molecule has 0 aliphatic carbocycles. The molecule has 0 spiro atoms. The van der Waals surface area contributed by atoms with Crippen LogP contribution in [0.1, 0.15) is 6.42 Å². The molecule has 2 aromatic carbocycles. The van der Waals surface area contributed by atoms with E-state index in [1.807, 2.05) is 36.4 Å². The van der Waals surface area contributed by atoms with E-state index in [1.54, 1.807) is 30.6 Å². The lowest BCUT2D eigenvalue weighted by atomic mass is 10.0. The van der Waals surface area contributed by atoms with Crippen molar-refractivity contribution in [2.75, 3.05) is 12.3 Å². The Labute approximate surface area is 186 Å². The Balaban J connectivity index is 1.65. The molecule has 0 aliphatic heterocycles. The molecule has 0 radical (unpaired) electrons. The summed E-state index contributed by atoms with van der Waals surface area (Å²) in [6.07, 6.45) is 3.69. The van der Waals surface area contributed by atoms with Gasteiger partial charge in [0.05, 0.1) is 16.5 Å². The fraction of sp³-hybridized carbons (Fsp3) is 0.125. The van der Waals surface area contributed by atoms with E-state index in [2.05, 4.69) is 9.97 Å². The lowest BCUT2D eigenvalue weighted by Crippen LogP contribution is -2.06. The quantitative estimate of drug-likeness (QED) is 0.291. The molecular formula is C24H20FN3O3S. The standard InChI is InChI=1S/C24H20FN3O3S/c25-20-4-1-3-19(15-20)24-22(17-9-11-26-12-10-17)16-23(27-24)18-5-7-21(8-6-18)32(31)14-2-13-28(29)30/h1,3-12,15-16,27H,2,13-14H2. The van der Waals surface area contributed by atoms with Crippen molar-refractivity contribution < 1.29 is 13.5 Å². The Morgan fingerprint density at radius 2 is 1.72 bits per heavy atom. The summed E-state index contributed by atoms with van der Waals surface area (Å²) in [5.74, 6) is -0.0677. The van der Waals surface area contributed by atoms with Gasteiger partial charge >= 0.3 is 0 Å². The smallest absolute Gasteiger partial charge is 0.204 e. The van der Waals surface area contributed by atoms with Crippen LogP contribution in [-0.4, -0.2) is 31.4 Å². The van der Waals surface area contributed by atoms with E-state index in [-0.39, 0.29) is 24.5 Å². The maximum atomic E-state index is 13.9. The normalized spacial score (nSPS) is 11.9. The highest BCUT2D eigenvalue weighted by atomic mass is 32.2. The topological polar surface area (TPSA) is 88.9 Å². The number of halogens is 1. The minimum atomic E-state index is -1.29. The van der Waals surface area contributed by atoms with Crippen molar-refractivity contribution in [2.24, 2.45) is 0 Å². The predicted molar refractivity (Wildman–Crippen MR) is 123 cm³/mol. The third-order valence-corrected chi connectivity index (χ3v) is 6.48. The van der Waals surface area contributed by atoms with E-state index in [0.29, 0.717) is 4.90 Å². The Kier molecular flexibility index (Phi) is 6.51. The van der Waals surface area contributed by atoms with E-state index in [9.17, 15) is 18.7 Å². The minimum Gasteiger partial charge on any atom is -0.354 e. The number of hydrogen-bond acceptors (Lipinski definition) is 4. The van der Waals surface area contributed by atoms with Crippen molar-refractivity contribution in [1.29, 1.82) is 0 Å². The summed E-state index contributed by atoms with van der Waals surface area (Å²) in [5, 5.41) is 10.5. The molecule has 162 valence electrons. The zero-order chi connectivity index (χ0) is 22.5. The number of H-pyrrole nitrogens is 1. The second-order valence-corrected chi connectivity index (χ2v) is 8.77. The van der Waals surface area contributed by atoms with Gasteiger partial charge in [-0.2, -0.15) is 0 Å². The lowest BCUT2D eigenvalue weighted by molar-refractivity contribution is -0.479. The highest BCUT2D eigenvalue weighted by Crippen LogP contribution is 2.36. The van der Waals surface area contributed by atoms with Crippen LogP contribution in [0.3, 0.4) is 0 Å². The SMILES string of the molecule is O=[N+]([O-])CCCS(=O)c1ccc(-c2cc(-c3ccncc3)c(-c3cccc(F)c3)[nH]2)cc1.